The Hall–Kier alpha value is -1.52. The van der Waals surface area contributed by atoms with Crippen molar-refractivity contribution in [2.75, 3.05) is 5.73 Å². The topological polar surface area (TPSA) is 52.3 Å². The number of ether oxygens (including phenoxy) is 1. The van der Waals surface area contributed by atoms with Gasteiger partial charge in [-0.25, -0.2) is 0 Å². The molecule has 0 amide bonds. The maximum atomic E-state index is 11.6. The standard InChI is InChI=1S/C14H14ClNO2S/c15-13-6-5-12(19-13)9-18-14(17)7-4-10-2-1-3-11(16)8-10/h1-3,5-6,8H,4,7,9,16H2. The van der Waals surface area contributed by atoms with E-state index < -0.39 is 0 Å². The third kappa shape index (κ3) is 4.58. The van der Waals surface area contributed by atoms with Crippen LogP contribution in [-0.4, -0.2) is 5.97 Å². The summed E-state index contributed by atoms with van der Waals surface area (Å²) in [5.41, 5.74) is 7.42. The summed E-state index contributed by atoms with van der Waals surface area (Å²) in [6, 6.07) is 11.2. The van der Waals surface area contributed by atoms with Gasteiger partial charge in [-0.2, -0.15) is 0 Å². The monoisotopic (exact) mass is 295 g/mol. The molecule has 0 spiro atoms. The van der Waals surface area contributed by atoms with Crippen molar-refractivity contribution in [3.8, 4) is 0 Å². The summed E-state index contributed by atoms with van der Waals surface area (Å²) in [6.07, 6.45) is 0.984. The van der Waals surface area contributed by atoms with Gasteiger partial charge in [0, 0.05) is 17.0 Å². The number of rotatable bonds is 5. The molecule has 5 heteroatoms. The second kappa shape index (κ2) is 6.59. The lowest BCUT2D eigenvalue weighted by Gasteiger charge is -2.04. The summed E-state index contributed by atoms with van der Waals surface area (Å²) in [5, 5.41) is 0. The smallest absolute Gasteiger partial charge is 0.306 e. The number of thiophene rings is 1. The molecule has 1 aromatic heterocycles. The average Bonchev–Trinajstić information content (AvgIpc) is 2.80. The SMILES string of the molecule is Nc1cccc(CCC(=O)OCc2ccc(Cl)s2)c1. The van der Waals surface area contributed by atoms with Crippen LogP contribution in [0.5, 0.6) is 0 Å². The molecule has 100 valence electrons. The van der Waals surface area contributed by atoms with Crippen LogP contribution in [0, 0.1) is 0 Å². The highest BCUT2D eigenvalue weighted by Gasteiger charge is 2.06. The molecule has 0 aliphatic heterocycles. The van der Waals surface area contributed by atoms with E-state index in [2.05, 4.69) is 0 Å². The van der Waals surface area contributed by atoms with Gasteiger partial charge in [-0.1, -0.05) is 23.7 Å². The Kier molecular flexibility index (Phi) is 4.82. The first-order valence-electron chi connectivity index (χ1n) is 5.88. The second-order valence-electron chi connectivity index (χ2n) is 4.11. The van der Waals surface area contributed by atoms with Crippen LogP contribution in [0.15, 0.2) is 36.4 Å². The maximum absolute atomic E-state index is 11.6. The molecule has 2 aromatic rings. The molecule has 1 aromatic carbocycles. The quantitative estimate of drug-likeness (QED) is 0.676. The van der Waals surface area contributed by atoms with Gasteiger partial charge in [0.1, 0.15) is 6.61 Å². The Morgan fingerprint density at radius 1 is 1.32 bits per heavy atom. The van der Waals surface area contributed by atoms with Crippen molar-refractivity contribution < 1.29 is 9.53 Å². The molecule has 0 bridgehead atoms. The van der Waals surface area contributed by atoms with E-state index in [0.717, 1.165) is 10.4 Å². The zero-order valence-corrected chi connectivity index (χ0v) is 11.8. The largest absolute Gasteiger partial charge is 0.460 e. The minimum absolute atomic E-state index is 0.216. The van der Waals surface area contributed by atoms with E-state index in [0.29, 0.717) is 22.9 Å². The van der Waals surface area contributed by atoms with Gasteiger partial charge in [0.2, 0.25) is 0 Å². The molecule has 2 N–H and O–H groups in total. The lowest BCUT2D eigenvalue weighted by Crippen LogP contribution is -2.05. The zero-order chi connectivity index (χ0) is 13.7. The summed E-state index contributed by atoms with van der Waals surface area (Å²) >= 11 is 7.22. The average molecular weight is 296 g/mol. The minimum atomic E-state index is -0.216. The van der Waals surface area contributed by atoms with E-state index >= 15 is 0 Å². The number of carbonyl (C=O) groups excluding carboxylic acids is 1. The third-order valence-electron chi connectivity index (χ3n) is 2.57. The van der Waals surface area contributed by atoms with E-state index in [-0.39, 0.29) is 12.6 Å². The van der Waals surface area contributed by atoms with Crippen molar-refractivity contribution >= 4 is 34.6 Å². The van der Waals surface area contributed by atoms with Crippen LogP contribution in [-0.2, 0) is 22.6 Å². The van der Waals surface area contributed by atoms with Gasteiger partial charge in [-0.15, -0.1) is 11.3 Å². The zero-order valence-electron chi connectivity index (χ0n) is 10.3. The molecule has 1 heterocycles. The summed E-state index contributed by atoms with van der Waals surface area (Å²) in [7, 11) is 0. The molecule has 2 rings (SSSR count). The first-order chi connectivity index (χ1) is 9.13. The predicted octanol–water partition coefficient (Wildman–Crippen LogP) is 3.66. The van der Waals surface area contributed by atoms with Crippen molar-refractivity contribution in [1.82, 2.24) is 0 Å². The van der Waals surface area contributed by atoms with Crippen LogP contribution in [0.2, 0.25) is 4.34 Å². The van der Waals surface area contributed by atoms with E-state index in [1.807, 2.05) is 30.3 Å². The molecule has 0 saturated heterocycles. The maximum Gasteiger partial charge on any atom is 0.306 e. The Balaban J connectivity index is 1.75. The minimum Gasteiger partial charge on any atom is -0.460 e. The summed E-state index contributed by atoms with van der Waals surface area (Å²) < 4.78 is 5.87. The van der Waals surface area contributed by atoms with E-state index in [1.165, 1.54) is 11.3 Å². The summed E-state index contributed by atoms with van der Waals surface area (Å²) in [4.78, 5) is 12.5. The molecule has 3 nitrogen and oxygen atoms in total. The first-order valence-corrected chi connectivity index (χ1v) is 7.07. The number of hydrogen-bond acceptors (Lipinski definition) is 4. The van der Waals surface area contributed by atoms with E-state index in [1.54, 1.807) is 6.07 Å². The molecule has 0 atom stereocenters. The predicted molar refractivity (Wildman–Crippen MR) is 78.3 cm³/mol. The van der Waals surface area contributed by atoms with Crippen molar-refractivity contribution in [3.63, 3.8) is 0 Å². The van der Waals surface area contributed by atoms with Crippen molar-refractivity contribution in [2.24, 2.45) is 0 Å². The van der Waals surface area contributed by atoms with Gasteiger partial charge in [-0.3, -0.25) is 4.79 Å². The fraction of sp³-hybridized carbons (Fsp3) is 0.214. The summed E-state index contributed by atoms with van der Waals surface area (Å²) in [5.74, 6) is -0.216. The molecule has 0 aliphatic carbocycles. The van der Waals surface area contributed by atoms with Gasteiger partial charge in [0.05, 0.1) is 4.34 Å². The van der Waals surface area contributed by atoms with Crippen LogP contribution < -0.4 is 5.73 Å². The van der Waals surface area contributed by atoms with Crippen molar-refractivity contribution in [1.29, 1.82) is 0 Å². The molecular formula is C14H14ClNO2S. The lowest BCUT2D eigenvalue weighted by atomic mass is 10.1. The fourth-order valence-corrected chi connectivity index (χ4v) is 2.65. The van der Waals surface area contributed by atoms with Crippen LogP contribution in [0.4, 0.5) is 5.69 Å². The molecule has 0 radical (unpaired) electrons. The number of benzene rings is 1. The first kappa shape index (κ1) is 13.9. The number of esters is 1. The summed E-state index contributed by atoms with van der Waals surface area (Å²) in [6.45, 7) is 0.285. The van der Waals surface area contributed by atoms with Gasteiger partial charge in [0.25, 0.3) is 0 Å². The molecule has 0 aliphatic rings. The van der Waals surface area contributed by atoms with E-state index in [9.17, 15) is 4.79 Å². The van der Waals surface area contributed by atoms with Crippen LogP contribution in [0.25, 0.3) is 0 Å². The second-order valence-corrected chi connectivity index (χ2v) is 5.91. The van der Waals surface area contributed by atoms with Crippen molar-refractivity contribution in [2.45, 2.75) is 19.4 Å². The van der Waals surface area contributed by atoms with Crippen LogP contribution in [0.1, 0.15) is 16.9 Å². The number of nitrogens with two attached hydrogens (primary N) is 1. The molecule has 19 heavy (non-hydrogen) atoms. The Bertz CT molecular complexity index is 568. The number of halogens is 1. The van der Waals surface area contributed by atoms with Gasteiger partial charge in [-0.05, 0) is 36.2 Å². The Morgan fingerprint density at radius 2 is 2.16 bits per heavy atom. The molecule has 0 unspecified atom stereocenters. The molecular weight excluding hydrogens is 282 g/mol. The number of aryl methyl sites for hydroxylation is 1. The highest BCUT2D eigenvalue weighted by atomic mass is 35.5. The number of anilines is 1. The van der Waals surface area contributed by atoms with Gasteiger partial charge < -0.3 is 10.5 Å². The number of nitrogen functional groups attached to an aromatic ring is 1. The van der Waals surface area contributed by atoms with Crippen LogP contribution in [0.3, 0.4) is 0 Å². The number of carbonyl (C=O) groups is 1. The highest BCUT2D eigenvalue weighted by molar-refractivity contribution is 7.16. The normalized spacial score (nSPS) is 10.4. The van der Waals surface area contributed by atoms with E-state index in [4.69, 9.17) is 22.1 Å². The third-order valence-corrected chi connectivity index (χ3v) is 3.78. The number of hydrogen-bond donors (Lipinski definition) is 1. The highest BCUT2D eigenvalue weighted by Crippen LogP contribution is 2.22. The molecule has 0 saturated carbocycles. The Morgan fingerprint density at radius 3 is 2.84 bits per heavy atom. The van der Waals surface area contributed by atoms with Crippen LogP contribution >= 0.6 is 22.9 Å². The van der Waals surface area contributed by atoms with Gasteiger partial charge in [0.15, 0.2) is 0 Å². The fourth-order valence-electron chi connectivity index (χ4n) is 1.65. The van der Waals surface area contributed by atoms with Gasteiger partial charge >= 0.3 is 5.97 Å². The lowest BCUT2D eigenvalue weighted by molar-refractivity contribution is -0.144. The van der Waals surface area contributed by atoms with Crippen molar-refractivity contribution in [3.05, 3.63) is 51.2 Å². The Labute approximate surface area is 121 Å². The molecule has 0 fully saturated rings.